The van der Waals surface area contributed by atoms with E-state index in [9.17, 15) is 10.1 Å². The van der Waals surface area contributed by atoms with Crippen molar-refractivity contribution in [3.05, 3.63) is 69.8 Å². The molecular formula is C16H18N2O3. The van der Waals surface area contributed by atoms with Crippen LogP contribution in [0.5, 0.6) is 5.75 Å². The van der Waals surface area contributed by atoms with Gasteiger partial charge in [-0.1, -0.05) is 30.3 Å². The zero-order chi connectivity index (χ0) is 15.2. The van der Waals surface area contributed by atoms with Crippen LogP contribution in [0.2, 0.25) is 0 Å². The molecule has 2 rings (SSSR count). The number of methoxy groups -OCH3 is 1. The number of rotatable bonds is 6. The second kappa shape index (κ2) is 6.85. The van der Waals surface area contributed by atoms with E-state index in [0.717, 1.165) is 16.9 Å². The maximum atomic E-state index is 10.6. The van der Waals surface area contributed by atoms with E-state index in [0.29, 0.717) is 6.54 Å². The van der Waals surface area contributed by atoms with Crippen LogP contribution in [0.15, 0.2) is 48.5 Å². The molecular weight excluding hydrogens is 268 g/mol. The largest absolute Gasteiger partial charge is 0.496 e. The van der Waals surface area contributed by atoms with Crippen molar-refractivity contribution in [1.29, 1.82) is 0 Å². The molecule has 0 aliphatic heterocycles. The third kappa shape index (κ3) is 3.79. The van der Waals surface area contributed by atoms with Gasteiger partial charge in [0, 0.05) is 30.3 Å². The van der Waals surface area contributed by atoms with Crippen LogP contribution in [0.3, 0.4) is 0 Å². The molecule has 1 N–H and O–H groups in total. The summed E-state index contributed by atoms with van der Waals surface area (Å²) in [7, 11) is 1.65. The highest BCUT2D eigenvalue weighted by Gasteiger charge is 2.09. The summed E-state index contributed by atoms with van der Waals surface area (Å²) in [4.78, 5) is 10.2. The fourth-order valence-electron chi connectivity index (χ4n) is 2.11. The molecule has 5 nitrogen and oxygen atoms in total. The third-order valence-corrected chi connectivity index (χ3v) is 3.40. The number of hydrogen-bond acceptors (Lipinski definition) is 4. The Kier molecular flexibility index (Phi) is 4.90. The smallest absolute Gasteiger partial charge is 0.269 e. The molecule has 0 radical (unpaired) electrons. The molecule has 110 valence electrons. The Hall–Kier alpha value is -2.40. The van der Waals surface area contributed by atoms with Gasteiger partial charge < -0.3 is 10.1 Å². The highest BCUT2D eigenvalue weighted by atomic mass is 16.6. The highest BCUT2D eigenvalue weighted by molar-refractivity contribution is 5.35. The molecule has 0 spiro atoms. The van der Waals surface area contributed by atoms with Crippen molar-refractivity contribution in [1.82, 2.24) is 5.32 Å². The first-order valence-electron chi connectivity index (χ1n) is 6.71. The van der Waals surface area contributed by atoms with Crippen molar-refractivity contribution in [3.8, 4) is 5.75 Å². The number of nitrogens with one attached hydrogen (secondary N) is 1. The van der Waals surface area contributed by atoms with Gasteiger partial charge in [0.25, 0.3) is 5.69 Å². The third-order valence-electron chi connectivity index (χ3n) is 3.40. The van der Waals surface area contributed by atoms with Gasteiger partial charge in [-0.3, -0.25) is 10.1 Å². The number of benzene rings is 2. The fraction of sp³-hybridized carbons (Fsp3) is 0.250. The summed E-state index contributed by atoms with van der Waals surface area (Å²) >= 11 is 0. The number of nitro groups is 1. The zero-order valence-electron chi connectivity index (χ0n) is 12.1. The van der Waals surface area contributed by atoms with Gasteiger partial charge >= 0.3 is 0 Å². The van der Waals surface area contributed by atoms with Crippen molar-refractivity contribution >= 4 is 5.69 Å². The molecule has 0 heterocycles. The number of nitro benzene ring substituents is 1. The van der Waals surface area contributed by atoms with Gasteiger partial charge in [-0.2, -0.15) is 0 Å². The molecule has 2 aromatic carbocycles. The van der Waals surface area contributed by atoms with Gasteiger partial charge in [-0.15, -0.1) is 0 Å². The van der Waals surface area contributed by atoms with Crippen molar-refractivity contribution in [3.63, 3.8) is 0 Å². The van der Waals surface area contributed by atoms with Gasteiger partial charge in [-0.05, 0) is 18.6 Å². The second-order valence-electron chi connectivity index (χ2n) is 4.76. The first kappa shape index (κ1) is 15.0. The van der Waals surface area contributed by atoms with Crippen molar-refractivity contribution in [2.24, 2.45) is 0 Å². The molecule has 0 fully saturated rings. The minimum Gasteiger partial charge on any atom is -0.496 e. The number of para-hydroxylation sites is 1. The predicted molar refractivity (Wildman–Crippen MR) is 81.3 cm³/mol. The van der Waals surface area contributed by atoms with Crippen molar-refractivity contribution < 1.29 is 9.66 Å². The van der Waals surface area contributed by atoms with Gasteiger partial charge in [0.05, 0.1) is 12.0 Å². The lowest BCUT2D eigenvalue weighted by Crippen LogP contribution is -2.18. The minimum atomic E-state index is -0.392. The van der Waals surface area contributed by atoms with Crippen LogP contribution in [-0.2, 0) is 6.54 Å². The number of ether oxygens (including phenoxy) is 1. The van der Waals surface area contributed by atoms with Gasteiger partial charge in [0.15, 0.2) is 0 Å². The molecule has 0 saturated carbocycles. The van der Waals surface area contributed by atoms with Crippen LogP contribution in [-0.4, -0.2) is 12.0 Å². The fourth-order valence-corrected chi connectivity index (χ4v) is 2.11. The van der Waals surface area contributed by atoms with E-state index in [2.05, 4.69) is 5.32 Å². The van der Waals surface area contributed by atoms with Crippen LogP contribution < -0.4 is 10.1 Å². The molecule has 0 amide bonds. The lowest BCUT2D eigenvalue weighted by atomic mass is 10.1. The Labute approximate surface area is 123 Å². The summed E-state index contributed by atoms with van der Waals surface area (Å²) in [6, 6.07) is 14.5. The Balaban J connectivity index is 2.01. The molecule has 5 heteroatoms. The molecule has 1 atom stereocenters. The summed E-state index contributed by atoms with van der Waals surface area (Å²) in [5.41, 5.74) is 2.19. The number of nitrogens with zero attached hydrogens (tertiary/aromatic N) is 1. The molecule has 0 aliphatic carbocycles. The Bertz CT molecular complexity index is 611. The van der Waals surface area contributed by atoms with Crippen LogP contribution >= 0.6 is 0 Å². The SMILES string of the molecule is COc1ccccc1CNC(C)c1ccc([N+](=O)[O-])cc1. The topological polar surface area (TPSA) is 64.4 Å². The van der Waals surface area contributed by atoms with Crippen LogP contribution in [0.4, 0.5) is 5.69 Å². The average Bonchev–Trinajstić information content (AvgIpc) is 2.52. The maximum absolute atomic E-state index is 10.6. The lowest BCUT2D eigenvalue weighted by molar-refractivity contribution is -0.384. The maximum Gasteiger partial charge on any atom is 0.269 e. The monoisotopic (exact) mass is 286 g/mol. The first-order valence-corrected chi connectivity index (χ1v) is 6.71. The standard InChI is InChI=1S/C16H18N2O3/c1-12(13-7-9-15(10-8-13)18(19)20)17-11-14-5-3-4-6-16(14)21-2/h3-10,12,17H,11H2,1-2H3. The number of non-ortho nitro benzene ring substituents is 1. The van der Waals surface area contributed by atoms with Crippen molar-refractivity contribution in [2.45, 2.75) is 19.5 Å². The van der Waals surface area contributed by atoms with E-state index < -0.39 is 4.92 Å². The van der Waals surface area contributed by atoms with E-state index in [1.807, 2.05) is 31.2 Å². The van der Waals surface area contributed by atoms with Crippen LogP contribution in [0.25, 0.3) is 0 Å². The summed E-state index contributed by atoms with van der Waals surface area (Å²) in [6.45, 7) is 2.69. The first-order chi connectivity index (χ1) is 10.1. The second-order valence-corrected chi connectivity index (χ2v) is 4.76. The minimum absolute atomic E-state index is 0.0933. The molecule has 21 heavy (non-hydrogen) atoms. The highest BCUT2D eigenvalue weighted by Crippen LogP contribution is 2.20. The normalized spacial score (nSPS) is 11.9. The Morgan fingerprint density at radius 2 is 1.86 bits per heavy atom. The van der Waals surface area contributed by atoms with Crippen molar-refractivity contribution in [2.75, 3.05) is 7.11 Å². The average molecular weight is 286 g/mol. The molecule has 0 aromatic heterocycles. The predicted octanol–water partition coefficient (Wildman–Crippen LogP) is 3.45. The molecule has 1 unspecified atom stereocenters. The molecule has 0 aliphatic rings. The van der Waals surface area contributed by atoms with Crippen LogP contribution in [0.1, 0.15) is 24.1 Å². The van der Waals surface area contributed by atoms with Gasteiger partial charge in [0.2, 0.25) is 0 Å². The summed E-state index contributed by atoms with van der Waals surface area (Å²) in [5, 5.41) is 14.0. The van der Waals surface area contributed by atoms with E-state index in [1.165, 1.54) is 12.1 Å². The molecule has 2 aromatic rings. The Morgan fingerprint density at radius 1 is 1.19 bits per heavy atom. The number of hydrogen-bond donors (Lipinski definition) is 1. The lowest BCUT2D eigenvalue weighted by Gasteiger charge is -2.15. The van der Waals surface area contributed by atoms with E-state index in [4.69, 9.17) is 4.74 Å². The quantitative estimate of drug-likeness (QED) is 0.652. The van der Waals surface area contributed by atoms with Gasteiger partial charge in [-0.25, -0.2) is 0 Å². The van der Waals surface area contributed by atoms with E-state index in [1.54, 1.807) is 19.2 Å². The van der Waals surface area contributed by atoms with Gasteiger partial charge in [0.1, 0.15) is 5.75 Å². The molecule has 0 saturated heterocycles. The molecule has 0 bridgehead atoms. The zero-order valence-corrected chi connectivity index (χ0v) is 12.1. The Morgan fingerprint density at radius 3 is 2.48 bits per heavy atom. The van der Waals surface area contributed by atoms with E-state index in [-0.39, 0.29) is 11.7 Å². The van der Waals surface area contributed by atoms with Crippen LogP contribution in [0, 0.1) is 10.1 Å². The van der Waals surface area contributed by atoms with E-state index >= 15 is 0 Å². The summed E-state index contributed by atoms with van der Waals surface area (Å²) in [5.74, 6) is 0.848. The summed E-state index contributed by atoms with van der Waals surface area (Å²) < 4.78 is 5.31. The summed E-state index contributed by atoms with van der Waals surface area (Å²) in [6.07, 6.45) is 0.